The van der Waals surface area contributed by atoms with Gasteiger partial charge in [0.15, 0.2) is 0 Å². The van der Waals surface area contributed by atoms with Crippen molar-refractivity contribution in [3.8, 4) is 16.8 Å². The Morgan fingerprint density at radius 3 is 1.41 bits per heavy atom. The van der Waals surface area contributed by atoms with Gasteiger partial charge in [-0.1, -0.05) is 135 Å². The lowest BCUT2D eigenvalue weighted by Crippen LogP contribution is -2.27. The van der Waals surface area contributed by atoms with Crippen molar-refractivity contribution in [2.24, 2.45) is 0 Å². The van der Waals surface area contributed by atoms with Gasteiger partial charge in [-0.25, -0.2) is 0 Å². The van der Waals surface area contributed by atoms with Crippen molar-refractivity contribution in [2.45, 2.75) is 19.3 Å². The highest BCUT2D eigenvalue weighted by atomic mass is 15.2. The van der Waals surface area contributed by atoms with Crippen molar-refractivity contribution in [3.63, 3.8) is 0 Å². The van der Waals surface area contributed by atoms with Crippen LogP contribution in [-0.4, -0.2) is 4.57 Å². The summed E-state index contributed by atoms with van der Waals surface area (Å²) in [7, 11) is 0. The highest BCUT2D eigenvalue weighted by Crippen LogP contribution is 2.52. The third kappa shape index (κ3) is 5.04. The summed E-state index contributed by atoms with van der Waals surface area (Å²) in [5.41, 5.74) is 15.1. The van der Waals surface area contributed by atoms with E-state index in [2.05, 4.69) is 228 Å². The summed E-state index contributed by atoms with van der Waals surface area (Å²) >= 11 is 0. The maximum Gasteiger partial charge on any atom is 0.0588 e. The first-order valence-electron chi connectivity index (χ1n) is 18.7. The molecule has 0 unspecified atom stereocenters. The maximum atomic E-state index is 2.51. The highest BCUT2D eigenvalue weighted by molar-refractivity contribution is 6.13. The van der Waals surface area contributed by atoms with Crippen molar-refractivity contribution in [3.05, 3.63) is 211 Å². The summed E-state index contributed by atoms with van der Waals surface area (Å²) in [5.74, 6) is 0. The van der Waals surface area contributed by atoms with Crippen LogP contribution in [0.25, 0.3) is 38.6 Å². The lowest BCUT2D eigenvalue weighted by molar-refractivity contribution is 0.632. The summed E-state index contributed by atoms with van der Waals surface area (Å²) < 4.78 is 2.51. The topological polar surface area (TPSA) is 11.4 Å². The molecule has 1 aliphatic rings. The molecule has 8 aromatic carbocycles. The van der Waals surface area contributed by atoms with Gasteiger partial charge in [0.2, 0.25) is 0 Å². The molecule has 0 aliphatic carbocycles. The van der Waals surface area contributed by atoms with E-state index in [4.69, 9.17) is 0 Å². The smallest absolute Gasteiger partial charge is 0.0588 e. The summed E-state index contributed by atoms with van der Waals surface area (Å²) in [4.78, 5) is 4.76. The number of para-hydroxylation sites is 6. The van der Waals surface area contributed by atoms with Crippen LogP contribution in [-0.2, 0) is 5.41 Å². The van der Waals surface area contributed by atoms with Crippen LogP contribution in [0.3, 0.4) is 0 Å². The summed E-state index contributed by atoms with van der Waals surface area (Å²) in [5, 5.41) is 2.56. The summed E-state index contributed by atoms with van der Waals surface area (Å²) in [6.45, 7) is 4.80. The first-order chi connectivity index (χ1) is 26.6. The van der Waals surface area contributed by atoms with Gasteiger partial charge in [-0.15, -0.1) is 0 Å². The van der Waals surface area contributed by atoms with Crippen LogP contribution in [0.2, 0.25) is 0 Å². The Bertz CT molecular complexity index is 2610. The van der Waals surface area contributed by atoms with Crippen LogP contribution in [0, 0.1) is 0 Å². The second kappa shape index (κ2) is 12.7. The van der Waals surface area contributed by atoms with E-state index in [0.717, 1.165) is 39.7 Å². The van der Waals surface area contributed by atoms with Crippen molar-refractivity contribution >= 4 is 55.9 Å². The Morgan fingerprint density at radius 2 is 0.870 bits per heavy atom. The third-order valence-corrected chi connectivity index (χ3v) is 11.1. The van der Waals surface area contributed by atoms with Crippen LogP contribution in [0.5, 0.6) is 0 Å². The quantitative estimate of drug-likeness (QED) is 0.165. The van der Waals surface area contributed by atoms with Crippen molar-refractivity contribution in [2.75, 3.05) is 9.80 Å². The second-order valence-electron chi connectivity index (χ2n) is 14.6. The molecule has 258 valence electrons. The lowest BCUT2D eigenvalue weighted by Gasteiger charge is -2.37. The molecule has 3 heteroatoms. The minimum absolute atomic E-state index is 0.275. The van der Waals surface area contributed by atoms with Gasteiger partial charge in [0, 0.05) is 50.3 Å². The van der Waals surface area contributed by atoms with Gasteiger partial charge in [-0.2, -0.15) is 0 Å². The Labute approximate surface area is 316 Å². The Hall–Kier alpha value is -6.84. The number of fused-ring (bicyclic) bond motifs is 5. The maximum absolute atomic E-state index is 2.51. The number of aromatic nitrogens is 1. The van der Waals surface area contributed by atoms with Gasteiger partial charge in [-0.05, 0) is 101 Å². The average Bonchev–Trinajstić information content (AvgIpc) is 3.56. The molecule has 9 aromatic rings. The zero-order valence-corrected chi connectivity index (χ0v) is 30.4. The normalized spacial score (nSPS) is 12.8. The number of hydrogen-bond donors (Lipinski definition) is 0. The fourth-order valence-electron chi connectivity index (χ4n) is 8.72. The largest absolute Gasteiger partial charge is 0.310 e. The van der Waals surface area contributed by atoms with E-state index in [1.165, 1.54) is 44.2 Å². The van der Waals surface area contributed by atoms with Gasteiger partial charge in [0.05, 0.1) is 16.7 Å². The fourth-order valence-corrected chi connectivity index (χ4v) is 8.72. The molecule has 10 rings (SSSR count). The number of benzene rings is 8. The molecule has 1 aromatic heterocycles. The molecule has 0 N–H and O–H groups in total. The Balaban J connectivity index is 1.31. The van der Waals surface area contributed by atoms with Gasteiger partial charge in [0.1, 0.15) is 0 Å². The van der Waals surface area contributed by atoms with Crippen LogP contribution in [0.15, 0.2) is 200 Å². The molecule has 0 atom stereocenters. The van der Waals surface area contributed by atoms with Crippen molar-refractivity contribution in [1.29, 1.82) is 0 Å². The molecule has 0 radical (unpaired) electrons. The van der Waals surface area contributed by atoms with E-state index >= 15 is 0 Å². The first kappa shape index (κ1) is 31.9. The number of anilines is 6. The highest BCUT2D eigenvalue weighted by Gasteiger charge is 2.37. The van der Waals surface area contributed by atoms with Gasteiger partial charge in [0.25, 0.3) is 0 Å². The second-order valence-corrected chi connectivity index (χ2v) is 14.6. The molecule has 0 saturated heterocycles. The minimum atomic E-state index is -0.275. The van der Waals surface area contributed by atoms with E-state index in [1.54, 1.807) is 0 Å². The molecule has 0 fully saturated rings. The van der Waals surface area contributed by atoms with E-state index in [0.29, 0.717) is 0 Å². The Morgan fingerprint density at radius 1 is 0.407 bits per heavy atom. The molecule has 0 saturated carbocycles. The Kier molecular flexibility index (Phi) is 7.48. The molecule has 1 aliphatic heterocycles. The summed E-state index contributed by atoms with van der Waals surface area (Å²) in [6, 6.07) is 72.5. The summed E-state index contributed by atoms with van der Waals surface area (Å²) in [6.07, 6.45) is 0. The molecule has 2 heterocycles. The molecule has 0 amide bonds. The zero-order valence-electron chi connectivity index (χ0n) is 30.4. The van der Waals surface area contributed by atoms with Crippen molar-refractivity contribution in [1.82, 2.24) is 4.57 Å². The molecule has 3 nitrogen and oxygen atoms in total. The van der Waals surface area contributed by atoms with E-state index in [-0.39, 0.29) is 5.41 Å². The van der Waals surface area contributed by atoms with Crippen LogP contribution >= 0.6 is 0 Å². The SMILES string of the molecule is CC1(C)c2ccccc2-n2c3ccccc3c3ccc(-c4cc(N(c5ccccc5)c5ccccc5)cc(N(c5ccccc5)c5ccccc5)c4)c1c32. The lowest BCUT2D eigenvalue weighted by atomic mass is 9.72. The monoisotopic (exact) mass is 693 g/mol. The zero-order chi connectivity index (χ0) is 36.2. The van der Waals surface area contributed by atoms with Crippen LogP contribution < -0.4 is 9.80 Å². The molecule has 54 heavy (non-hydrogen) atoms. The van der Waals surface area contributed by atoms with E-state index in [1.807, 2.05) is 0 Å². The molecule has 0 bridgehead atoms. The van der Waals surface area contributed by atoms with Gasteiger partial charge >= 0.3 is 0 Å². The molecular formula is C51H39N3. The number of nitrogens with zero attached hydrogens (tertiary/aromatic N) is 3. The van der Waals surface area contributed by atoms with Gasteiger partial charge in [-0.3, -0.25) is 0 Å². The average molecular weight is 694 g/mol. The van der Waals surface area contributed by atoms with E-state index < -0.39 is 0 Å². The fraction of sp³-hybridized carbons (Fsp3) is 0.0588. The minimum Gasteiger partial charge on any atom is -0.310 e. The molecule has 0 spiro atoms. The van der Waals surface area contributed by atoms with E-state index in [9.17, 15) is 0 Å². The van der Waals surface area contributed by atoms with Crippen molar-refractivity contribution < 1.29 is 0 Å². The van der Waals surface area contributed by atoms with Crippen LogP contribution in [0.1, 0.15) is 25.0 Å². The predicted octanol–water partition coefficient (Wildman–Crippen LogP) is 14.0. The van der Waals surface area contributed by atoms with Crippen LogP contribution in [0.4, 0.5) is 34.1 Å². The third-order valence-electron chi connectivity index (χ3n) is 11.1. The molecular weight excluding hydrogens is 655 g/mol. The standard InChI is InChI=1S/C51H39N3/c1-51(2)46-28-16-18-30-48(46)54-47-29-17-15-27-44(47)45-32-31-43(49(51)50(45)54)36-33-41(52(37-19-7-3-8-20-37)38-21-9-4-10-22-38)35-42(34-36)53(39-23-11-5-12-24-39)40-25-13-6-14-26-40/h3-35H,1-2H3. The van der Waals surface area contributed by atoms with Gasteiger partial charge < -0.3 is 14.4 Å². The number of rotatable bonds is 7. The first-order valence-corrected chi connectivity index (χ1v) is 18.7. The number of hydrogen-bond acceptors (Lipinski definition) is 2. The predicted molar refractivity (Wildman–Crippen MR) is 228 cm³/mol.